The van der Waals surface area contributed by atoms with Gasteiger partial charge < -0.3 is 5.32 Å². The van der Waals surface area contributed by atoms with Crippen molar-refractivity contribution in [3.63, 3.8) is 0 Å². The minimum Gasteiger partial charge on any atom is -0.348 e. The molecular formula is C9H10N4S. The van der Waals surface area contributed by atoms with E-state index in [0.29, 0.717) is 12.5 Å². The molecule has 14 heavy (non-hydrogen) atoms. The second kappa shape index (κ2) is 4.15. The Labute approximate surface area is 86.1 Å². The van der Waals surface area contributed by atoms with Gasteiger partial charge in [0.15, 0.2) is 0 Å². The summed E-state index contributed by atoms with van der Waals surface area (Å²) in [6, 6.07) is 0. The van der Waals surface area contributed by atoms with Crippen LogP contribution in [0.15, 0.2) is 24.0 Å². The van der Waals surface area contributed by atoms with E-state index in [2.05, 4.69) is 20.3 Å². The van der Waals surface area contributed by atoms with E-state index >= 15 is 0 Å². The van der Waals surface area contributed by atoms with Gasteiger partial charge in [-0.2, -0.15) is 0 Å². The van der Waals surface area contributed by atoms with E-state index in [1.165, 1.54) is 0 Å². The Morgan fingerprint density at radius 1 is 1.29 bits per heavy atom. The van der Waals surface area contributed by atoms with Crippen molar-refractivity contribution >= 4 is 17.3 Å². The van der Waals surface area contributed by atoms with Crippen LogP contribution in [0.25, 0.3) is 0 Å². The standard InChI is InChI=1S/C9H10N4S/c1-7-4-11-9(12-5-7)13-6-8-10-2-3-14-8/h2-5H,6H2,1H3,(H,11,12,13). The maximum atomic E-state index is 4.15. The summed E-state index contributed by atoms with van der Waals surface area (Å²) in [5, 5.41) is 6.09. The molecule has 0 aliphatic rings. The highest BCUT2D eigenvalue weighted by atomic mass is 32.1. The number of hydrogen-bond acceptors (Lipinski definition) is 5. The second-order valence-corrected chi connectivity index (χ2v) is 3.84. The third-order valence-corrected chi connectivity index (χ3v) is 2.44. The lowest BCUT2D eigenvalue weighted by molar-refractivity contribution is 1.03. The van der Waals surface area contributed by atoms with E-state index < -0.39 is 0 Å². The first-order valence-electron chi connectivity index (χ1n) is 4.25. The highest BCUT2D eigenvalue weighted by molar-refractivity contribution is 7.09. The Morgan fingerprint density at radius 3 is 2.71 bits per heavy atom. The van der Waals surface area contributed by atoms with Gasteiger partial charge in [-0.1, -0.05) is 0 Å². The summed E-state index contributed by atoms with van der Waals surface area (Å²) in [5.41, 5.74) is 1.06. The first-order chi connectivity index (χ1) is 6.84. The molecule has 2 rings (SSSR count). The first-order valence-corrected chi connectivity index (χ1v) is 5.13. The van der Waals surface area contributed by atoms with Crippen LogP contribution >= 0.6 is 11.3 Å². The Hall–Kier alpha value is -1.49. The summed E-state index contributed by atoms with van der Waals surface area (Å²) in [7, 11) is 0. The number of aromatic nitrogens is 3. The lowest BCUT2D eigenvalue weighted by Gasteiger charge is -2.01. The Bertz CT molecular complexity index is 382. The average molecular weight is 206 g/mol. The van der Waals surface area contributed by atoms with Gasteiger partial charge in [0.25, 0.3) is 0 Å². The van der Waals surface area contributed by atoms with Gasteiger partial charge >= 0.3 is 0 Å². The first kappa shape index (κ1) is 9.08. The second-order valence-electron chi connectivity index (χ2n) is 2.86. The Balaban J connectivity index is 1.95. The van der Waals surface area contributed by atoms with Crippen molar-refractivity contribution in [2.45, 2.75) is 13.5 Å². The minimum atomic E-state index is 0.644. The zero-order chi connectivity index (χ0) is 9.80. The SMILES string of the molecule is Cc1cnc(NCc2nccs2)nc1. The van der Waals surface area contributed by atoms with Crippen molar-refractivity contribution < 1.29 is 0 Å². The molecule has 0 saturated heterocycles. The fourth-order valence-corrected chi connectivity index (χ4v) is 1.53. The monoisotopic (exact) mass is 206 g/mol. The molecule has 2 heterocycles. The fourth-order valence-electron chi connectivity index (χ4n) is 0.979. The van der Waals surface area contributed by atoms with Crippen LogP contribution in [0.5, 0.6) is 0 Å². The van der Waals surface area contributed by atoms with Crippen molar-refractivity contribution in [2.24, 2.45) is 0 Å². The van der Waals surface area contributed by atoms with Gasteiger partial charge in [0.2, 0.25) is 5.95 Å². The number of nitrogens with one attached hydrogen (secondary N) is 1. The van der Waals surface area contributed by atoms with E-state index in [4.69, 9.17) is 0 Å². The van der Waals surface area contributed by atoms with Gasteiger partial charge in [-0.3, -0.25) is 0 Å². The largest absolute Gasteiger partial charge is 0.348 e. The number of thiazole rings is 1. The van der Waals surface area contributed by atoms with E-state index in [1.54, 1.807) is 29.9 Å². The van der Waals surface area contributed by atoms with Crippen LogP contribution in [0.2, 0.25) is 0 Å². The maximum absolute atomic E-state index is 4.15. The number of rotatable bonds is 3. The zero-order valence-electron chi connectivity index (χ0n) is 7.77. The molecule has 0 aliphatic heterocycles. The van der Waals surface area contributed by atoms with Crippen LogP contribution in [0.1, 0.15) is 10.6 Å². The van der Waals surface area contributed by atoms with E-state index in [1.807, 2.05) is 12.3 Å². The predicted octanol–water partition coefficient (Wildman–Crippen LogP) is 1.85. The van der Waals surface area contributed by atoms with E-state index in [9.17, 15) is 0 Å². The molecule has 72 valence electrons. The average Bonchev–Trinajstić information content (AvgIpc) is 2.70. The lowest BCUT2D eigenvalue weighted by Crippen LogP contribution is -2.02. The van der Waals surface area contributed by atoms with Crippen LogP contribution in [0.3, 0.4) is 0 Å². The molecular weight excluding hydrogens is 196 g/mol. The summed E-state index contributed by atoms with van der Waals surface area (Å²) in [4.78, 5) is 12.4. The zero-order valence-corrected chi connectivity index (χ0v) is 8.58. The van der Waals surface area contributed by atoms with Crippen molar-refractivity contribution in [1.29, 1.82) is 0 Å². The van der Waals surface area contributed by atoms with E-state index in [-0.39, 0.29) is 0 Å². The normalized spacial score (nSPS) is 10.1. The lowest BCUT2D eigenvalue weighted by atomic mass is 10.4. The molecule has 2 aromatic heterocycles. The molecule has 1 N–H and O–H groups in total. The highest BCUT2D eigenvalue weighted by Crippen LogP contribution is 2.06. The van der Waals surface area contributed by atoms with Crippen LogP contribution in [-0.4, -0.2) is 15.0 Å². The Kier molecular flexibility index (Phi) is 2.69. The van der Waals surface area contributed by atoms with Crippen LogP contribution in [0, 0.1) is 6.92 Å². The molecule has 0 fully saturated rings. The smallest absolute Gasteiger partial charge is 0.222 e. The molecule has 4 nitrogen and oxygen atoms in total. The molecule has 5 heteroatoms. The van der Waals surface area contributed by atoms with Crippen molar-refractivity contribution in [2.75, 3.05) is 5.32 Å². The van der Waals surface area contributed by atoms with Gasteiger partial charge in [0, 0.05) is 24.0 Å². The summed E-state index contributed by atoms with van der Waals surface area (Å²) in [6.45, 7) is 2.64. The highest BCUT2D eigenvalue weighted by Gasteiger charge is 1.97. The van der Waals surface area contributed by atoms with Gasteiger partial charge in [-0.15, -0.1) is 11.3 Å². The molecule has 0 radical (unpaired) electrons. The van der Waals surface area contributed by atoms with Gasteiger partial charge in [-0.05, 0) is 12.5 Å². The van der Waals surface area contributed by atoms with Crippen LogP contribution in [-0.2, 0) is 6.54 Å². The molecule has 0 unspecified atom stereocenters. The number of nitrogens with zero attached hydrogens (tertiary/aromatic N) is 3. The van der Waals surface area contributed by atoms with E-state index in [0.717, 1.165) is 10.6 Å². The predicted molar refractivity (Wildman–Crippen MR) is 56.2 cm³/mol. The van der Waals surface area contributed by atoms with Crippen LogP contribution in [0.4, 0.5) is 5.95 Å². The number of aryl methyl sites for hydroxylation is 1. The molecule has 0 bridgehead atoms. The quantitative estimate of drug-likeness (QED) is 0.832. The summed E-state index contributed by atoms with van der Waals surface area (Å²) < 4.78 is 0. The van der Waals surface area contributed by atoms with Crippen molar-refractivity contribution in [3.8, 4) is 0 Å². The molecule has 0 spiro atoms. The maximum Gasteiger partial charge on any atom is 0.222 e. The van der Waals surface area contributed by atoms with Crippen LogP contribution < -0.4 is 5.32 Å². The third-order valence-electron chi connectivity index (χ3n) is 1.66. The summed E-state index contributed by atoms with van der Waals surface area (Å²) >= 11 is 1.62. The summed E-state index contributed by atoms with van der Waals surface area (Å²) in [5.74, 6) is 0.644. The number of hydrogen-bond donors (Lipinski definition) is 1. The van der Waals surface area contributed by atoms with Gasteiger partial charge in [0.05, 0.1) is 6.54 Å². The van der Waals surface area contributed by atoms with Gasteiger partial charge in [0.1, 0.15) is 5.01 Å². The Morgan fingerprint density at radius 2 is 2.07 bits per heavy atom. The van der Waals surface area contributed by atoms with Crippen molar-refractivity contribution in [3.05, 3.63) is 34.5 Å². The molecule has 0 aromatic carbocycles. The molecule has 2 aromatic rings. The fraction of sp³-hybridized carbons (Fsp3) is 0.222. The molecule has 0 atom stereocenters. The third kappa shape index (κ3) is 2.26. The molecule has 0 amide bonds. The van der Waals surface area contributed by atoms with Gasteiger partial charge in [-0.25, -0.2) is 15.0 Å². The van der Waals surface area contributed by atoms with Crippen molar-refractivity contribution in [1.82, 2.24) is 15.0 Å². The topological polar surface area (TPSA) is 50.7 Å². The minimum absolute atomic E-state index is 0.644. The molecule has 0 saturated carbocycles. The molecule has 0 aliphatic carbocycles. The summed E-state index contributed by atoms with van der Waals surface area (Å²) in [6.07, 6.45) is 5.37. The number of anilines is 1.